The Kier molecular flexibility index (Phi) is 3.53. The Morgan fingerprint density at radius 3 is 2.83 bits per heavy atom. The van der Waals surface area contributed by atoms with Crippen molar-refractivity contribution in [2.24, 2.45) is 16.6 Å². The molecule has 1 aliphatic rings. The van der Waals surface area contributed by atoms with Crippen LogP contribution in [0, 0.1) is 5.92 Å². The third kappa shape index (κ3) is 2.46. The monoisotopic (exact) mass is 265 g/mol. The van der Waals surface area contributed by atoms with Gasteiger partial charge >= 0.3 is 0 Å². The van der Waals surface area contributed by atoms with Gasteiger partial charge in [-0.05, 0) is 37.5 Å². The first kappa shape index (κ1) is 13.2. The number of guanidine groups is 1. The number of benzene rings is 1. The maximum Gasteiger partial charge on any atom is 0.196 e. The van der Waals surface area contributed by atoms with E-state index < -0.39 is 0 Å². The number of aliphatic imine (C=N–C) groups is 1. The molecule has 18 heavy (non-hydrogen) atoms. The molecule has 0 aromatic heterocycles. The second kappa shape index (κ2) is 4.81. The van der Waals surface area contributed by atoms with Gasteiger partial charge in [0.25, 0.3) is 0 Å². The lowest BCUT2D eigenvalue weighted by atomic mass is 9.89. The summed E-state index contributed by atoms with van der Waals surface area (Å²) in [5, 5.41) is 0.721. The van der Waals surface area contributed by atoms with Crippen molar-refractivity contribution in [3.05, 3.63) is 29.3 Å². The van der Waals surface area contributed by atoms with Crippen LogP contribution in [0.25, 0.3) is 0 Å². The van der Waals surface area contributed by atoms with Gasteiger partial charge in [-0.2, -0.15) is 0 Å². The van der Waals surface area contributed by atoms with Gasteiger partial charge < -0.3 is 10.6 Å². The maximum absolute atomic E-state index is 6.06. The maximum atomic E-state index is 6.06. The fraction of sp³-hybridized carbons (Fsp3) is 0.500. The van der Waals surface area contributed by atoms with Gasteiger partial charge in [0.2, 0.25) is 0 Å². The molecule has 1 aliphatic heterocycles. The number of anilines is 1. The molecule has 1 unspecified atom stereocenters. The van der Waals surface area contributed by atoms with E-state index >= 15 is 0 Å². The summed E-state index contributed by atoms with van der Waals surface area (Å²) in [7, 11) is 0. The molecule has 0 aliphatic carbocycles. The van der Waals surface area contributed by atoms with Crippen LogP contribution in [0.1, 0.15) is 27.2 Å². The zero-order valence-electron chi connectivity index (χ0n) is 11.2. The van der Waals surface area contributed by atoms with Crippen molar-refractivity contribution in [3.63, 3.8) is 0 Å². The zero-order chi connectivity index (χ0) is 13.3. The predicted molar refractivity (Wildman–Crippen MR) is 78.3 cm³/mol. The minimum Gasteiger partial charge on any atom is -0.369 e. The van der Waals surface area contributed by atoms with Gasteiger partial charge in [-0.3, -0.25) is 4.99 Å². The summed E-state index contributed by atoms with van der Waals surface area (Å²) >= 11 is 6.06. The Bertz CT molecular complexity index is 470. The van der Waals surface area contributed by atoms with E-state index in [1.54, 1.807) is 0 Å². The molecular formula is C14H20ClN3. The van der Waals surface area contributed by atoms with E-state index in [2.05, 4.69) is 30.7 Å². The summed E-state index contributed by atoms with van der Waals surface area (Å²) < 4.78 is 0. The number of nitrogens with two attached hydrogens (primary N) is 1. The molecule has 98 valence electrons. The van der Waals surface area contributed by atoms with E-state index in [0.717, 1.165) is 23.7 Å². The topological polar surface area (TPSA) is 41.6 Å². The van der Waals surface area contributed by atoms with E-state index in [-0.39, 0.29) is 5.54 Å². The lowest BCUT2D eigenvalue weighted by Crippen LogP contribution is -2.50. The van der Waals surface area contributed by atoms with Crippen molar-refractivity contribution in [1.29, 1.82) is 0 Å². The van der Waals surface area contributed by atoms with Gasteiger partial charge in [-0.25, -0.2) is 0 Å². The fourth-order valence-electron chi connectivity index (χ4n) is 2.76. The van der Waals surface area contributed by atoms with Gasteiger partial charge in [0.15, 0.2) is 5.96 Å². The van der Waals surface area contributed by atoms with Crippen molar-refractivity contribution in [3.8, 4) is 0 Å². The molecule has 1 aromatic rings. The van der Waals surface area contributed by atoms with Crippen LogP contribution in [-0.4, -0.2) is 18.0 Å². The van der Waals surface area contributed by atoms with Crippen molar-refractivity contribution in [2.45, 2.75) is 32.7 Å². The highest BCUT2D eigenvalue weighted by Gasteiger charge is 2.39. The summed E-state index contributed by atoms with van der Waals surface area (Å²) in [4.78, 5) is 6.52. The average molecular weight is 266 g/mol. The highest BCUT2D eigenvalue weighted by atomic mass is 35.5. The number of nitrogens with zero attached hydrogens (tertiary/aromatic N) is 2. The molecule has 0 radical (unpaired) electrons. The standard InChI is InChI=1S/C14H20ClN3/c1-10(2)8-14(3)9-17-13(16)18(14)12-6-4-5-11(15)7-12/h4-7,10H,8-9H2,1-3H3,(H2,16,17). The number of hydrogen-bond donors (Lipinski definition) is 1. The van der Waals surface area contributed by atoms with Gasteiger partial charge in [0, 0.05) is 10.7 Å². The minimum atomic E-state index is -0.0526. The van der Waals surface area contributed by atoms with Crippen molar-refractivity contribution in [2.75, 3.05) is 11.4 Å². The SMILES string of the molecule is CC(C)CC1(C)CN=C(N)N1c1cccc(Cl)c1. The minimum absolute atomic E-state index is 0.0526. The van der Waals surface area contributed by atoms with Crippen LogP contribution in [0.2, 0.25) is 5.02 Å². The molecule has 0 saturated carbocycles. The molecule has 3 nitrogen and oxygen atoms in total. The van der Waals surface area contributed by atoms with E-state index in [1.165, 1.54) is 0 Å². The van der Waals surface area contributed by atoms with E-state index in [1.807, 2.05) is 24.3 Å². The molecule has 0 saturated heterocycles. The van der Waals surface area contributed by atoms with Gasteiger partial charge in [0.1, 0.15) is 0 Å². The molecule has 1 aromatic carbocycles. The summed E-state index contributed by atoms with van der Waals surface area (Å²) in [5.74, 6) is 1.18. The van der Waals surface area contributed by atoms with Crippen molar-refractivity contribution >= 4 is 23.2 Å². The molecule has 0 spiro atoms. The van der Waals surface area contributed by atoms with Crippen molar-refractivity contribution < 1.29 is 0 Å². The fourth-order valence-corrected chi connectivity index (χ4v) is 2.95. The Labute approximate surface area is 114 Å². The molecular weight excluding hydrogens is 246 g/mol. The smallest absolute Gasteiger partial charge is 0.196 e. The van der Waals surface area contributed by atoms with Crippen molar-refractivity contribution in [1.82, 2.24) is 0 Å². The Morgan fingerprint density at radius 1 is 1.50 bits per heavy atom. The number of hydrogen-bond acceptors (Lipinski definition) is 3. The quantitative estimate of drug-likeness (QED) is 0.911. The van der Waals surface area contributed by atoms with Gasteiger partial charge in [-0.1, -0.05) is 31.5 Å². The normalized spacial score (nSPS) is 23.6. The second-order valence-corrected chi connectivity index (χ2v) is 6.02. The van der Waals surface area contributed by atoms with E-state index in [9.17, 15) is 0 Å². The van der Waals surface area contributed by atoms with Crippen LogP contribution in [-0.2, 0) is 0 Å². The van der Waals surface area contributed by atoms with Crippen LogP contribution in [0.15, 0.2) is 29.3 Å². The number of rotatable bonds is 3. The molecule has 4 heteroatoms. The van der Waals surface area contributed by atoms with Gasteiger partial charge in [-0.15, -0.1) is 0 Å². The predicted octanol–water partition coefficient (Wildman–Crippen LogP) is 3.28. The lowest BCUT2D eigenvalue weighted by Gasteiger charge is -2.37. The van der Waals surface area contributed by atoms with Gasteiger partial charge in [0.05, 0.1) is 12.1 Å². The van der Waals surface area contributed by atoms with Crippen LogP contribution in [0.3, 0.4) is 0 Å². The summed E-state index contributed by atoms with van der Waals surface area (Å²) in [5.41, 5.74) is 7.01. The first-order valence-corrected chi connectivity index (χ1v) is 6.66. The molecule has 1 heterocycles. The van der Waals surface area contributed by atoms with Crippen LogP contribution >= 0.6 is 11.6 Å². The Balaban J connectivity index is 2.36. The molecule has 0 fully saturated rings. The summed E-state index contributed by atoms with van der Waals surface area (Å²) in [6.45, 7) is 7.38. The van der Waals surface area contributed by atoms with Crippen LogP contribution < -0.4 is 10.6 Å². The molecule has 0 amide bonds. The van der Waals surface area contributed by atoms with Crippen LogP contribution in [0.5, 0.6) is 0 Å². The Hall–Kier alpha value is -1.22. The first-order chi connectivity index (χ1) is 8.42. The van der Waals surface area contributed by atoms with E-state index in [4.69, 9.17) is 17.3 Å². The largest absolute Gasteiger partial charge is 0.369 e. The van der Waals surface area contributed by atoms with E-state index in [0.29, 0.717) is 11.9 Å². The first-order valence-electron chi connectivity index (χ1n) is 6.28. The molecule has 2 rings (SSSR count). The van der Waals surface area contributed by atoms with Crippen LogP contribution in [0.4, 0.5) is 5.69 Å². The lowest BCUT2D eigenvalue weighted by molar-refractivity contribution is 0.392. The average Bonchev–Trinajstić information content (AvgIpc) is 2.53. The molecule has 1 atom stereocenters. The zero-order valence-corrected chi connectivity index (χ0v) is 11.9. The highest BCUT2D eigenvalue weighted by molar-refractivity contribution is 6.31. The molecule has 0 bridgehead atoms. The summed E-state index contributed by atoms with van der Waals surface area (Å²) in [6.07, 6.45) is 1.05. The third-order valence-corrected chi connectivity index (χ3v) is 3.50. The second-order valence-electron chi connectivity index (χ2n) is 5.58. The third-order valence-electron chi connectivity index (χ3n) is 3.27. The molecule has 2 N–H and O–H groups in total. The highest BCUT2D eigenvalue weighted by Crippen LogP contribution is 2.34. The Morgan fingerprint density at radius 2 is 2.22 bits per heavy atom. The number of halogens is 1. The summed E-state index contributed by atoms with van der Waals surface area (Å²) in [6, 6.07) is 7.78.